The van der Waals surface area contributed by atoms with E-state index in [1.807, 2.05) is 0 Å². The molecule has 1 aromatic carbocycles. The van der Waals surface area contributed by atoms with Gasteiger partial charge < -0.3 is 5.32 Å². The number of carbonyl (C=O) groups is 2. The van der Waals surface area contributed by atoms with E-state index in [1.54, 1.807) is 0 Å². The SMILES string of the molecule is O=C(NNC(=O)c1ccncc1)N[C@H]1CCCN1S(=O)(=O)c1ccccc1F. The zero-order valence-corrected chi connectivity index (χ0v) is 15.4. The van der Waals surface area contributed by atoms with E-state index in [0.717, 1.165) is 10.4 Å². The summed E-state index contributed by atoms with van der Waals surface area (Å²) in [5.41, 5.74) is 4.67. The number of amides is 3. The van der Waals surface area contributed by atoms with Gasteiger partial charge in [0.05, 0.1) is 6.17 Å². The summed E-state index contributed by atoms with van der Waals surface area (Å²) in [6.07, 6.45) is 2.86. The number of sulfonamides is 1. The molecule has 1 atom stereocenters. The topological polar surface area (TPSA) is 120 Å². The number of rotatable bonds is 4. The highest BCUT2D eigenvalue weighted by atomic mass is 32.2. The highest BCUT2D eigenvalue weighted by molar-refractivity contribution is 7.89. The van der Waals surface area contributed by atoms with Crippen LogP contribution >= 0.6 is 0 Å². The molecule has 0 unspecified atom stereocenters. The van der Waals surface area contributed by atoms with Crippen molar-refractivity contribution in [3.05, 3.63) is 60.2 Å². The molecule has 1 aliphatic heterocycles. The molecule has 1 aromatic heterocycles. The lowest BCUT2D eigenvalue weighted by Gasteiger charge is -2.25. The zero-order chi connectivity index (χ0) is 20.1. The molecule has 1 saturated heterocycles. The number of hydrazine groups is 1. The molecule has 28 heavy (non-hydrogen) atoms. The van der Waals surface area contributed by atoms with Crippen LogP contribution in [0.25, 0.3) is 0 Å². The molecule has 9 nitrogen and oxygen atoms in total. The Morgan fingerprint density at radius 2 is 1.82 bits per heavy atom. The summed E-state index contributed by atoms with van der Waals surface area (Å²) in [5.74, 6) is -1.41. The largest absolute Gasteiger partial charge is 0.334 e. The lowest BCUT2D eigenvalue weighted by Crippen LogP contribution is -2.54. The third-order valence-corrected chi connectivity index (χ3v) is 6.10. The second-order valence-corrected chi connectivity index (χ2v) is 7.85. The summed E-state index contributed by atoms with van der Waals surface area (Å²) in [5, 5.41) is 2.48. The van der Waals surface area contributed by atoms with Crippen molar-refractivity contribution >= 4 is 22.0 Å². The molecular formula is C17H18FN5O4S. The van der Waals surface area contributed by atoms with Gasteiger partial charge in [-0.1, -0.05) is 12.1 Å². The summed E-state index contributed by atoms with van der Waals surface area (Å²) in [7, 11) is -4.12. The standard InChI is InChI=1S/C17H18FN5O4S/c18-13-4-1-2-5-14(13)28(26,27)23-11-3-6-15(23)20-17(25)22-21-16(24)12-7-9-19-10-8-12/h1-2,4-5,7-10,15H,3,6,11H2,(H,21,24)(H2,20,22,25)/t15-/m1/s1. The number of halogens is 1. The van der Waals surface area contributed by atoms with Gasteiger partial charge in [0.1, 0.15) is 10.7 Å². The number of aromatic nitrogens is 1. The van der Waals surface area contributed by atoms with Crippen LogP contribution in [0.1, 0.15) is 23.2 Å². The first kappa shape index (κ1) is 19.7. The van der Waals surface area contributed by atoms with Crippen LogP contribution in [-0.4, -0.2) is 42.4 Å². The van der Waals surface area contributed by atoms with Crippen LogP contribution in [0.5, 0.6) is 0 Å². The van der Waals surface area contributed by atoms with Gasteiger partial charge in [-0.05, 0) is 37.1 Å². The number of nitrogens with one attached hydrogen (secondary N) is 3. The monoisotopic (exact) mass is 407 g/mol. The third kappa shape index (κ3) is 4.26. The fourth-order valence-corrected chi connectivity index (χ4v) is 4.51. The normalized spacial score (nSPS) is 17.1. The van der Waals surface area contributed by atoms with Gasteiger partial charge in [-0.25, -0.2) is 23.0 Å². The maximum atomic E-state index is 13.9. The molecule has 3 amide bonds. The Kier molecular flexibility index (Phi) is 5.85. The average molecular weight is 407 g/mol. The van der Waals surface area contributed by atoms with E-state index in [1.165, 1.54) is 42.7 Å². The highest BCUT2D eigenvalue weighted by Crippen LogP contribution is 2.26. The lowest BCUT2D eigenvalue weighted by atomic mass is 10.3. The van der Waals surface area contributed by atoms with Gasteiger partial charge in [-0.3, -0.25) is 15.2 Å². The third-order valence-electron chi connectivity index (χ3n) is 4.16. The number of pyridine rings is 1. The molecule has 0 aliphatic carbocycles. The molecule has 2 heterocycles. The fraction of sp³-hybridized carbons (Fsp3) is 0.235. The smallest absolute Gasteiger partial charge is 0.320 e. The first-order chi connectivity index (χ1) is 13.4. The second-order valence-electron chi connectivity index (χ2n) is 5.99. The van der Waals surface area contributed by atoms with Crippen molar-refractivity contribution in [2.24, 2.45) is 0 Å². The summed E-state index contributed by atoms with van der Waals surface area (Å²) >= 11 is 0. The molecule has 1 aliphatic rings. The minimum absolute atomic E-state index is 0.144. The van der Waals surface area contributed by atoms with Crippen molar-refractivity contribution in [2.75, 3.05) is 6.54 Å². The molecule has 3 rings (SSSR count). The van der Waals surface area contributed by atoms with Gasteiger partial charge >= 0.3 is 6.03 Å². The summed E-state index contributed by atoms with van der Waals surface area (Å²) < 4.78 is 40.5. The van der Waals surface area contributed by atoms with Crippen molar-refractivity contribution in [1.82, 2.24) is 25.5 Å². The van der Waals surface area contributed by atoms with Crippen LogP contribution in [0.15, 0.2) is 53.7 Å². The van der Waals surface area contributed by atoms with Gasteiger partial charge in [0, 0.05) is 24.5 Å². The van der Waals surface area contributed by atoms with Crippen molar-refractivity contribution in [3.8, 4) is 0 Å². The van der Waals surface area contributed by atoms with E-state index in [9.17, 15) is 22.4 Å². The van der Waals surface area contributed by atoms with Crippen molar-refractivity contribution in [2.45, 2.75) is 23.9 Å². The molecule has 0 spiro atoms. The molecule has 2 aromatic rings. The predicted octanol–water partition coefficient (Wildman–Crippen LogP) is 0.976. The molecule has 0 bridgehead atoms. The molecule has 11 heteroatoms. The molecule has 0 saturated carbocycles. The minimum atomic E-state index is -4.12. The number of benzene rings is 1. The van der Waals surface area contributed by atoms with Gasteiger partial charge in [0.25, 0.3) is 5.91 Å². The minimum Gasteiger partial charge on any atom is -0.320 e. The van der Waals surface area contributed by atoms with E-state index in [4.69, 9.17) is 0 Å². The number of urea groups is 1. The van der Waals surface area contributed by atoms with E-state index < -0.39 is 38.8 Å². The van der Waals surface area contributed by atoms with Gasteiger partial charge in [-0.15, -0.1) is 0 Å². The van der Waals surface area contributed by atoms with Gasteiger partial charge in [-0.2, -0.15) is 4.31 Å². The Balaban J connectivity index is 1.63. The first-order valence-corrected chi connectivity index (χ1v) is 9.87. The highest BCUT2D eigenvalue weighted by Gasteiger charge is 2.37. The van der Waals surface area contributed by atoms with Crippen LogP contribution in [0, 0.1) is 5.82 Å². The predicted molar refractivity (Wildman–Crippen MR) is 96.7 cm³/mol. The maximum Gasteiger partial charge on any atom is 0.334 e. The van der Waals surface area contributed by atoms with Crippen LogP contribution in [0.3, 0.4) is 0 Å². The second kappa shape index (κ2) is 8.31. The quantitative estimate of drug-likeness (QED) is 0.653. The molecule has 3 N–H and O–H groups in total. The molecule has 1 fully saturated rings. The molecule has 148 valence electrons. The Morgan fingerprint density at radius 3 is 2.54 bits per heavy atom. The first-order valence-electron chi connectivity index (χ1n) is 8.43. The lowest BCUT2D eigenvalue weighted by molar-refractivity contribution is 0.0935. The zero-order valence-electron chi connectivity index (χ0n) is 14.6. The van der Waals surface area contributed by atoms with E-state index in [2.05, 4.69) is 21.2 Å². The van der Waals surface area contributed by atoms with E-state index in [0.29, 0.717) is 18.4 Å². The number of carbonyl (C=O) groups excluding carboxylic acids is 2. The summed E-state index contributed by atoms with van der Waals surface area (Å²) in [6.45, 7) is 0.144. The van der Waals surface area contributed by atoms with E-state index >= 15 is 0 Å². The Hall–Kier alpha value is -3.05. The van der Waals surface area contributed by atoms with Gasteiger partial charge in [0.2, 0.25) is 10.0 Å². The van der Waals surface area contributed by atoms with Crippen molar-refractivity contribution < 1.29 is 22.4 Å². The summed E-state index contributed by atoms with van der Waals surface area (Å²) in [6, 6.07) is 7.20. The fourth-order valence-electron chi connectivity index (χ4n) is 2.83. The molecule has 0 radical (unpaired) electrons. The van der Waals surface area contributed by atoms with Crippen LogP contribution in [0.2, 0.25) is 0 Å². The number of hydrogen-bond acceptors (Lipinski definition) is 5. The Morgan fingerprint density at radius 1 is 1.11 bits per heavy atom. The molecular weight excluding hydrogens is 389 g/mol. The number of nitrogens with zero attached hydrogens (tertiary/aromatic N) is 2. The van der Waals surface area contributed by atoms with Crippen LogP contribution in [0.4, 0.5) is 9.18 Å². The van der Waals surface area contributed by atoms with E-state index in [-0.39, 0.29) is 6.54 Å². The number of hydrogen-bond donors (Lipinski definition) is 3. The van der Waals surface area contributed by atoms with Crippen LogP contribution in [-0.2, 0) is 10.0 Å². The van der Waals surface area contributed by atoms with Gasteiger partial charge in [0.15, 0.2) is 0 Å². The Bertz CT molecular complexity index is 971. The maximum absolute atomic E-state index is 13.9. The van der Waals surface area contributed by atoms with Crippen LogP contribution < -0.4 is 16.2 Å². The Labute approximate surface area is 161 Å². The van der Waals surface area contributed by atoms with Crippen molar-refractivity contribution in [3.63, 3.8) is 0 Å². The van der Waals surface area contributed by atoms with Crippen molar-refractivity contribution in [1.29, 1.82) is 0 Å². The summed E-state index contributed by atoms with van der Waals surface area (Å²) in [4.78, 5) is 27.3. The average Bonchev–Trinajstić information content (AvgIpc) is 3.16.